The molecule has 0 saturated heterocycles. The molecule has 0 aliphatic heterocycles. The van der Waals surface area contributed by atoms with Crippen molar-refractivity contribution >= 4 is 11.7 Å². The summed E-state index contributed by atoms with van der Waals surface area (Å²) in [5.41, 5.74) is -1.18. The fraction of sp³-hybridized carbons (Fsp3) is 0.364. The number of ether oxygens (including phenoxy) is 1. The summed E-state index contributed by atoms with van der Waals surface area (Å²) in [4.78, 5) is 20.7. The van der Waals surface area contributed by atoms with Gasteiger partial charge in [0.05, 0.1) is 22.7 Å². The van der Waals surface area contributed by atoms with E-state index < -0.39 is 28.0 Å². The van der Waals surface area contributed by atoms with Gasteiger partial charge in [-0.05, 0) is 19.3 Å². The van der Waals surface area contributed by atoms with Crippen LogP contribution in [0.2, 0.25) is 0 Å². The minimum Gasteiger partial charge on any atom is -0.483 e. The Morgan fingerprint density at radius 3 is 2.61 bits per heavy atom. The zero-order chi connectivity index (χ0) is 13.3. The third kappa shape index (κ3) is 2.24. The third-order valence-electron chi connectivity index (χ3n) is 2.82. The lowest BCUT2D eigenvalue weighted by molar-refractivity contribution is -0.386. The van der Waals surface area contributed by atoms with Crippen LogP contribution in [-0.2, 0) is 0 Å². The lowest BCUT2D eigenvalue weighted by atomic mass is 9.96. The van der Waals surface area contributed by atoms with Crippen molar-refractivity contribution in [2.75, 3.05) is 0 Å². The van der Waals surface area contributed by atoms with E-state index in [4.69, 9.17) is 9.84 Å². The molecule has 0 radical (unpaired) electrons. The van der Waals surface area contributed by atoms with Gasteiger partial charge in [0.2, 0.25) is 0 Å². The predicted molar refractivity (Wildman–Crippen MR) is 58.3 cm³/mol. The molecule has 0 spiro atoms. The number of hydrogen-bond acceptors (Lipinski definition) is 4. The van der Waals surface area contributed by atoms with Gasteiger partial charge in [0, 0.05) is 6.07 Å². The first-order valence-corrected chi connectivity index (χ1v) is 5.37. The van der Waals surface area contributed by atoms with Crippen molar-refractivity contribution in [3.05, 3.63) is 33.6 Å². The van der Waals surface area contributed by atoms with Crippen LogP contribution in [0.4, 0.5) is 10.1 Å². The molecule has 0 heterocycles. The highest BCUT2D eigenvalue weighted by atomic mass is 19.1. The van der Waals surface area contributed by atoms with Gasteiger partial charge in [-0.3, -0.25) is 10.1 Å². The van der Waals surface area contributed by atoms with E-state index in [2.05, 4.69) is 0 Å². The quantitative estimate of drug-likeness (QED) is 0.658. The van der Waals surface area contributed by atoms with E-state index >= 15 is 0 Å². The highest BCUT2D eigenvalue weighted by molar-refractivity contribution is 5.89. The molecule has 0 aromatic heterocycles. The van der Waals surface area contributed by atoms with Crippen LogP contribution in [0.15, 0.2) is 12.1 Å². The Morgan fingerprint density at radius 1 is 1.50 bits per heavy atom. The Hall–Kier alpha value is -2.18. The molecule has 1 fully saturated rings. The maximum Gasteiger partial charge on any atom is 0.338 e. The van der Waals surface area contributed by atoms with Gasteiger partial charge in [0.15, 0.2) is 5.75 Å². The van der Waals surface area contributed by atoms with E-state index in [1.54, 1.807) is 0 Å². The molecule has 0 bridgehead atoms. The van der Waals surface area contributed by atoms with E-state index in [0.29, 0.717) is 6.07 Å². The molecule has 1 aliphatic rings. The lowest BCUT2D eigenvalue weighted by Gasteiger charge is -2.26. The van der Waals surface area contributed by atoms with Gasteiger partial charge in [0.1, 0.15) is 5.82 Å². The molecular weight excluding hydrogens is 245 g/mol. The monoisotopic (exact) mass is 255 g/mol. The average molecular weight is 255 g/mol. The molecule has 6 nitrogen and oxygen atoms in total. The number of benzene rings is 1. The van der Waals surface area contributed by atoms with E-state index in [1.165, 1.54) is 0 Å². The summed E-state index contributed by atoms with van der Waals surface area (Å²) in [5.74, 6) is -2.82. The number of halogens is 1. The average Bonchev–Trinajstić information content (AvgIpc) is 2.23. The Kier molecular flexibility index (Phi) is 3.14. The maximum atomic E-state index is 13.3. The summed E-state index contributed by atoms with van der Waals surface area (Å²) in [5, 5.41) is 19.5. The molecule has 1 saturated carbocycles. The second-order valence-corrected chi connectivity index (χ2v) is 4.03. The minimum atomic E-state index is -1.49. The molecule has 1 aromatic carbocycles. The number of nitro groups is 1. The Morgan fingerprint density at radius 2 is 2.17 bits per heavy atom. The van der Waals surface area contributed by atoms with Gasteiger partial charge >= 0.3 is 11.7 Å². The van der Waals surface area contributed by atoms with Crippen molar-refractivity contribution in [2.24, 2.45) is 0 Å². The number of nitrogens with zero attached hydrogens (tertiary/aromatic N) is 1. The van der Waals surface area contributed by atoms with Crippen LogP contribution in [0.3, 0.4) is 0 Å². The van der Waals surface area contributed by atoms with Crippen LogP contribution >= 0.6 is 0 Å². The Labute approximate surface area is 101 Å². The van der Waals surface area contributed by atoms with Crippen LogP contribution in [0, 0.1) is 15.9 Å². The molecule has 18 heavy (non-hydrogen) atoms. The number of carboxylic acid groups (broad SMARTS) is 1. The fourth-order valence-electron chi connectivity index (χ4n) is 1.61. The summed E-state index contributed by atoms with van der Waals surface area (Å²) in [6.07, 6.45) is 2.33. The highest BCUT2D eigenvalue weighted by Gasteiger charge is 2.27. The van der Waals surface area contributed by atoms with Gasteiger partial charge in [-0.15, -0.1) is 0 Å². The van der Waals surface area contributed by atoms with Gasteiger partial charge in [-0.1, -0.05) is 0 Å². The number of hydrogen-bond donors (Lipinski definition) is 1. The summed E-state index contributed by atoms with van der Waals surface area (Å²) >= 11 is 0. The SMILES string of the molecule is O=C(O)c1cc(OC2CCC2)c([N+](=O)[O-])cc1F. The van der Waals surface area contributed by atoms with Crippen LogP contribution in [0.5, 0.6) is 5.75 Å². The van der Waals surface area contributed by atoms with E-state index in [9.17, 15) is 19.3 Å². The normalized spacial score (nSPS) is 14.9. The first-order chi connectivity index (χ1) is 8.49. The number of carboxylic acids is 1. The van der Waals surface area contributed by atoms with Crippen molar-refractivity contribution in [1.29, 1.82) is 0 Å². The molecule has 1 aliphatic carbocycles. The van der Waals surface area contributed by atoms with Crippen LogP contribution < -0.4 is 4.74 Å². The number of aromatic carboxylic acids is 1. The Balaban J connectivity index is 2.41. The van der Waals surface area contributed by atoms with Gasteiger partial charge < -0.3 is 9.84 Å². The van der Waals surface area contributed by atoms with Crippen molar-refractivity contribution < 1.29 is 24.0 Å². The fourth-order valence-corrected chi connectivity index (χ4v) is 1.61. The largest absolute Gasteiger partial charge is 0.483 e. The lowest BCUT2D eigenvalue weighted by Crippen LogP contribution is -2.25. The maximum absolute atomic E-state index is 13.3. The summed E-state index contributed by atoms with van der Waals surface area (Å²) in [6, 6.07) is 1.45. The molecule has 1 aromatic rings. The van der Waals surface area contributed by atoms with Crippen LogP contribution in [-0.4, -0.2) is 22.1 Å². The van der Waals surface area contributed by atoms with Crippen LogP contribution in [0.1, 0.15) is 29.6 Å². The molecule has 1 N–H and O–H groups in total. The first kappa shape index (κ1) is 12.3. The van der Waals surface area contributed by atoms with Crippen molar-refractivity contribution in [1.82, 2.24) is 0 Å². The second-order valence-electron chi connectivity index (χ2n) is 4.03. The summed E-state index contributed by atoms with van der Waals surface area (Å²) < 4.78 is 18.7. The van der Waals surface area contributed by atoms with E-state index in [-0.39, 0.29) is 11.9 Å². The second kappa shape index (κ2) is 4.59. The topological polar surface area (TPSA) is 89.7 Å². The Bertz CT molecular complexity index is 512. The zero-order valence-electron chi connectivity index (χ0n) is 9.26. The molecule has 96 valence electrons. The zero-order valence-corrected chi connectivity index (χ0v) is 9.26. The minimum absolute atomic E-state index is 0.157. The smallest absolute Gasteiger partial charge is 0.338 e. The number of rotatable bonds is 4. The molecule has 0 amide bonds. The van der Waals surface area contributed by atoms with Gasteiger partial charge in [-0.2, -0.15) is 0 Å². The molecule has 2 rings (SSSR count). The molecule has 7 heteroatoms. The van der Waals surface area contributed by atoms with E-state index in [0.717, 1.165) is 25.3 Å². The standard InChI is InChI=1S/C11H10FNO5/c12-8-5-9(13(16)17)10(4-7(8)11(14)15)18-6-2-1-3-6/h4-6H,1-3H2,(H,14,15). The van der Waals surface area contributed by atoms with Gasteiger partial charge in [-0.25, -0.2) is 9.18 Å². The molecule has 0 atom stereocenters. The molecule has 0 unspecified atom stereocenters. The van der Waals surface area contributed by atoms with Crippen molar-refractivity contribution in [3.8, 4) is 5.75 Å². The first-order valence-electron chi connectivity index (χ1n) is 5.37. The molecular formula is C11H10FNO5. The third-order valence-corrected chi connectivity index (χ3v) is 2.82. The van der Waals surface area contributed by atoms with Crippen LogP contribution in [0.25, 0.3) is 0 Å². The number of nitro benzene ring substituents is 1. The highest BCUT2D eigenvalue weighted by Crippen LogP contribution is 2.34. The van der Waals surface area contributed by atoms with Crippen molar-refractivity contribution in [2.45, 2.75) is 25.4 Å². The summed E-state index contributed by atoms with van der Waals surface area (Å²) in [6.45, 7) is 0. The van der Waals surface area contributed by atoms with Crippen molar-refractivity contribution in [3.63, 3.8) is 0 Å². The van der Waals surface area contributed by atoms with Gasteiger partial charge in [0.25, 0.3) is 0 Å². The summed E-state index contributed by atoms with van der Waals surface area (Å²) in [7, 11) is 0. The number of carbonyl (C=O) groups is 1. The predicted octanol–water partition coefficient (Wildman–Crippen LogP) is 2.36. The van der Waals surface area contributed by atoms with E-state index in [1.807, 2.05) is 0 Å².